The fourth-order valence-electron chi connectivity index (χ4n) is 3.41. The Morgan fingerprint density at radius 1 is 0.882 bits per heavy atom. The molecule has 0 bridgehead atoms. The monoisotopic (exact) mass is 256 g/mol. The normalized spacial score (nSPS) is 24.9. The van der Waals surface area contributed by atoms with E-state index in [1.165, 1.54) is 77.0 Å². The van der Waals surface area contributed by atoms with Crippen molar-refractivity contribution in [3.8, 4) is 0 Å². The molecule has 0 nitrogen and oxygen atoms in total. The molecule has 0 aromatic heterocycles. The zero-order chi connectivity index (χ0) is 12.6. The van der Waals surface area contributed by atoms with Crippen molar-refractivity contribution in [1.29, 1.82) is 0 Å². The van der Waals surface area contributed by atoms with Gasteiger partial charge in [0.2, 0.25) is 0 Å². The second-order valence-corrected chi connectivity index (χ2v) is 6.78. The van der Waals surface area contributed by atoms with Crippen molar-refractivity contribution in [1.82, 2.24) is 0 Å². The van der Waals surface area contributed by atoms with Crippen LogP contribution < -0.4 is 0 Å². The van der Waals surface area contributed by atoms with Crippen LogP contribution in [0.2, 0.25) is 0 Å². The van der Waals surface area contributed by atoms with Gasteiger partial charge in [0, 0.05) is 4.75 Å². The van der Waals surface area contributed by atoms with Crippen molar-refractivity contribution in [2.75, 3.05) is 0 Å². The summed E-state index contributed by atoms with van der Waals surface area (Å²) in [7, 11) is 0. The lowest BCUT2D eigenvalue weighted by molar-refractivity contribution is 0.293. The van der Waals surface area contributed by atoms with Gasteiger partial charge in [-0.2, -0.15) is 12.6 Å². The van der Waals surface area contributed by atoms with Crippen LogP contribution in [0.3, 0.4) is 0 Å². The number of rotatable bonds is 3. The predicted octanol–water partition coefficient (Wildman–Crippen LogP) is 6.01. The average molecular weight is 256 g/mol. The Bertz CT molecular complexity index is 176. The molecule has 102 valence electrons. The van der Waals surface area contributed by atoms with Crippen molar-refractivity contribution in [2.45, 2.75) is 95.6 Å². The van der Waals surface area contributed by atoms with Crippen molar-refractivity contribution in [3.05, 3.63) is 0 Å². The van der Waals surface area contributed by atoms with Gasteiger partial charge in [0.15, 0.2) is 0 Å². The lowest BCUT2D eigenvalue weighted by atomic mass is 9.79. The van der Waals surface area contributed by atoms with Crippen LogP contribution in [-0.2, 0) is 0 Å². The zero-order valence-electron chi connectivity index (χ0n) is 12.0. The zero-order valence-corrected chi connectivity index (χ0v) is 12.9. The largest absolute Gasteiger partial charge is 0.173 e. The van der Waals surface area contributed by atoms with E-state index in [0.717, 1.165) is 5.92 Å². The fourth-order valence-corrected chi connectivity index (χ4v) is 3.85. The van der Waals surface area contributed by atoms with Gasteiger partial charge in [0.25, 0.3) is 0 Å². The van der Waals surface area contributed by atoms with Crippen LogP contribution in [0, 0.1) is 5.92 Å². The summed E-state index contributed by atoms with van der Waals surface area (Å²) in [5.41, 5.74) is 0. The van der Waals surface area contributed by atoms with Crippen molar-refractivity contribution < 1.29 is 0 Å². The quantitative estimate of drug-likeness (QED) is 0.588. The molecule has 0 aliphatic heterocycles. The highest BCUT2D eigenvalue weighted by Gasteiger charge is 2.28. The topological polar surface area (TPSA) is 0 Å². The van der Waals surface area contributed by atoms with Crippen LogP contribution >= 0.6 is 12.6 Å². The Morgan fingerprint density at radius 2 is 1.41 bits per heavy atom. The maximum atomic E-state index is 4.95. The molecule has 2 aliphatic rings. The summed E-state index contributed by atoms with van der Waals surface area (Å²) >= 11 is 4.95. The molecular weight excluding hydrogens is 224 g/mol. The second-order valence-electron chi connectivity index (χ2n) is 5.83. The molecule has 0 aromatic rings. The Labute approximate surface area is 114 Å². The molecule has 0 amide bonds. The molecule has 1 heteroatoms. The molecule has 0 saturated heterocycles. The van der Waals surface area contributed by atoms with E-state index in [0.29, 0.717) is 4.75 Å². The standard InChI is InChI=1S/C14H26S.C2H6/c15-14(10-5-2-6-11-14)12-9-13-7-3-1-4-8-13;1-2/h13,15H,1-12H2;1-2H3. The lowest BCUT2D eigenvalue weighted by Gasteiger charge is -2.34. The van der Waals surface area contributed by atoms with E-state index in [2.05, 4.69) is 0 Å². The highest BCUT2D eigenvalue weighted by Crippen LogP contribution is 2.40. The molecule has 2 aliphatic carbocycles. The van der Waals surface area contributed by atoms with E-state index in [-0.39, 0.29) is 0 Å². The van der Waals surface area contributed by atoms with Crippen LogP contribution in [0.4, 0.5) is 0 Å². The molecule has 0 spiro atoms. The molecule has 0 radical (unpaired) electrons. The number of thiol groups is 1. The summed E-state index contributed by atoms with van der Waals surface area (Å²) in [6.07, 6.45) is 17.4. The first-order chi connectivity index (χ1) is 8.29. The van der Waals surface area contributed by atoms with Crippen LogP contribution in [-0.4, -0.2) is 4.75 Å². The van der Waals surface area contributed by atoms with Crippen LogP contribution in [0.15, 0.2) is 0 Å². The highest BCUT2D eigenvalue weighted by molar-refractivity contribution is 7.81. The fraction of sp³-hybridized carbons (Fsp3) is 1.00. The Balaban J connectivity index is 0.000000686. The third-order valence-electron chi connectivity index (χ3n) is 4.53. The smallest absolute Gasteiger partial charge is 0.0130 e. The molecule has 17 heavy (non-hydrogen) atoms. The molecule has 2 rings (SSSR count). The molecule has 0 atom stereocenters. The minimum absolute atomic E-state index is 0.426. The van der Waals surface area contributed by atoms with Gasteiger partial charge in [-0.05, 0) is 31.6 Å². The third kappa shape index (κ3) is 5.68. The van der Waals surface area contributed by atoms with E-state index in [1.54, 1.807) is 0 Å². The van der Waals surface area contributed by atoms with Gasteiger partial charge in [-0.15, -0.1) is 0 Å². The van der Waals surface area contributed by atoms with E-state index >= 15 is 0 Å². The summed E-state index contributed by atoms with van der Waals surface area (Å²) in [6, 6.07) is 0. The second kappa shape index (κ2) is 8.45. The van der Waals surface area contributed by atoms with Gasteiger partial charge in [-0.25, -0.2) is 0 Å². The van der Waals surface area contributed by atoms with E-state index in [9.17, 15) is 0 Å². The minimum atomic E-state index is 0.426. The SMILES string of the molecule is CC.SC1(CCC2CCCCC2)CCCCC1. The molecular formula is C16H32S. The lowest BCUT2D eigenvalue weighted by Crippen LogP contribution is -2.26. The first-order valence-electron chi connectivity index (χ1n) is 8.01. The number of hydrogen-bond donors (Lipinski definition) is 1. The van der Waals surface area contributed by atoms with Gasteiger partial charge in [0.05, 0.1) is 0 Å². The highest BCUT2D eigenvalue weighted by atomic mass is 32.1. The Morgan fingerprint density at radius 3 is 2.00 bits per heavy atom. The van der Waals surface area contributed by atoms with Gasteiger partial charge in [-0.3, -0.25) is 0 Å². The molecule has 0 heterocycles. The van der Waals surface area contributed by atoms with Gasteiger partial charge in [-0.1, -0.05) is 65.2 Å². The number of hydrogen-bond acceptors (Lipinski definition) is 1. The van der Waals surface area contributed by atoms with Crippen molar-refractivity contribution in [2.24, 2.45) is 5.92 Å². The van der Waals surface area contributed by atoms with Crippen LogP contribution in [0.1, 0.15) is 90.9 Å². The summed E-state index contributed by atoms with van der Waals surface area (Å²) < 4.78 is 0.426. The first kappa shape index (κ1) is 15.4. The van der Waals surface area contributed by atoms with Crippen LogP contribution in [0.5, 0.6) is 0 Å². The van der Waals surface area contributed by atoms with E-state index in [4.69, 9.17) is 12.6 Å². The van der Waals surface area contributed by atoms with E-state index in [1.807, 2.05) is 13.8 Å². The van der Waals surface area contributed by atoms with Gasteiger partial charge < -0.3 is 0 Å². The molecule has 0 unspecified atom stereocenters. The van der Waals surface area contributed by atoms with Crippen LogP contribution in [0.25, 0.3) is 0 Å². The maximum absolute atomic E-state index is 4.95. The molecule has 0 aromatic carbocycles. The molecule has 2 fully saturated rings. The molecule has 0 N–H and O–H groups in total. The van der Waals surface area contributed by atoms with Crippen molar-refractivity contribution in [3.63, 3.8) is 0 Å². The third-order valence-corrected chi connectivity index (χ3v) is 5.20. The van der Waals surface area contributed by atoms with Gasteiger partial charge in [0.1, 0.15) is 0 Å². The summed E-state index contributed by atoms with van der Waals surface area (Å²) in [5, 5.41) is 0. The maximum Gasteiger partial charge on any atom is 0.0130 e. The summed E-state index contributed by atoms with van der Waals surface area (Å²) in [4.78, 5) is 0. The summed E-state index contributed by atoms with van der Waals surface area (Å²) in [5.74, 6) is 1.05. The van der Waals surface area contributed by atoms with Gasteiger partial charge >= 0.3 is 0 Å². The predicted molar refractivity (Wildman–Crippen MR) is 82.0 cm³/mol. The minimum Gasteiger partial charge on any atom is -0.173 e. The average Bonchev–Trinajstić information content (AvgIpc) is 2.41. The summed E-state index contributed by atoms with van der Waals surface area (Å²) in [6.45, 7) is 4.00. The molecule has 2 saturated carbocycles. The first-order valence-corrected chi connectivity index (χ1v) is 8.46. The Hall–Kier alpha value is 0.350. The van der Waals surface area contributed by atoms with E-state index < -0.39 is 0 Å². The Kier molecular flexibility index (Phi) is 7.66. The van der Waals surface area contributed by atoms with Crippen molar-refractivity contribution >= 4 is 12.6 Å².